The van der Waals surface area contributed by atoms with Gasteiger partial charge in [0, 0.05) is 17.7 Å². The minimum Gasteiger partial charge on any atom is -0.496 e. The number of nitrogens with zero attached hydrogens (tertiary/aromatic N) is 5. The van der Waals surface area contributed by atoms with Gasteiger partial charge in [-0.1, -0.05) is 0 Å². The molecule has 0 atom stereocenters. The zero-order valence-electron chi connectivity index (χ0n) is 18.3. The van der Waals surface area contributed by atoms with Gasteiger partial charge in [-0.25, -0.2) is 14.6 Å². The molecule has 1 fully saturated rings. The second-order valence-corrected chi connectivity index (χ2v) is 9.50. The van der Waals surface area contributed by atoms with Gasteiger partial charge in [-0.15, -0.1) is 0 Å². The number of ether oxygens (including phenoxy) is 2. The minimum atomic E-state index is -0.398. The summed E-state index contributed by atoms with van der Waals surface area (Å²) in [5.41, 5.74) is 4.83. The summed E-state index contributed by atoms with van der Waals surface area (Å²) in [6.45, 7) is 5.62. The lowest BCUT2D eigenvalue weighted by Gasteiger charge is -2.41. The molecule has 2 aromatic heterocycles. The third kappa shape index (κ3) is 3.40. The predicted molar refractivity (Wildman–Crippen MR) is 122 cm³/mol. The summed E-state index contributed by atoms with van der Waals surface area (Å²) in [7, 11) is 1.66. The Bertz CT molecular complexity index is 1190. The van der Waals surface area contributed by atoms with E-state index in [0.717, 1.165) is 39.0 Å². The van der Waals surface area contributed by atoms with Crippen LogP contribution in [0.25, 0.3) is 16.9 Å². The van der Waals surface area contributed by atoms with Crippen molar-refractivity contribution in [3.63, 3.8) is 0 Å². The number of hydrogen-bond acceptors (Lipinski definition) is 6. The molecule has 3 aromatic rings. The summed E-state index contributed by atoms with van der Waals surface area (Å²) in [4.78, 5) is 24.0. The number of carbonyl (C=O) groups is 1. The van der Waals surface area contributed by atoms with Crippen molar-refractivity contribution in [1.29, 1.82) is 0 Å². The fourth-order valence-corrected chi connectivity index (χ4v) is 5.03. The maximum Gasteiger partial charge on any atom is 0.275 e. The van der Waals surface area contributed by atoms with E-state index in [2.05, 4.69) is 25.9 Å². The molecule has 0 unspecified atom stereocenters. The summed E-state index contributed by atoms with van der Waals surface area (Å²) < 4.78 is 13.8. The second-order valence-electron chi connectivity index (χ2n) is 8.65. The van der Waals surface area contributed by atoms with Crippen LogP contribution in [-0.2, 0) is 17.6 Å². The summed E-state index contributed by atoms with van der Waals surface area (Å²) in [5, 5.41) is 4.83. The van der Waals surface area contributed by atoms with Gasteiger partial charge < -0.3 is 14.4 Å². The van der Waals surface area contributed by atoms with E-state index in [1.807, 2.05) is 30.9 Å². The lowest BCUT2D eigenvalue weighted by Crippen LogP contribution is -2.55. The third-order valence-corrected chi connectivity index (χ3v) is 6.76. The lowest BCUT2D eigenvalue weighted by molar-refractivity contribution is -0.0373. The number of halogens is 1. The van der Waals surface area contributed by atoms with Gasteiger partial charge in [0.1, 0.15) is 17.8 Å². The molecule has 3 heterocycles. The van der Waals surface area contributed by atoms with Crippen LogP contribution in [0, 0.1) is 0 Å². The van der Waals surface area contributed by atoms with Crippen LogP contribution in [0.1, 0.15) is 35.5 Å². The second kappa shape index (κ2) is 7.97. The average Bonchev–Trinajstić information content (AvgIpc) is 3.19. The first kappa shape index (κ1) is 21.1. The van der Waals surface area contributed by atoms with Crippen LogP contribution in [0.15, 0.2) is 35.3 Å². The highest BCUT2D eigenvalue weighted by Crippen LogP contribution is 2.41. The van der Waals surface area contributed by atoms with Crippen LogP contribution >= 0.6 is 15.9 Å². The van der Waals surface area contributed by atoms with E-state index in [0.29, 0.717) is 37.6 Å². The highest BCUT2D eigenvalue weighted by molar-refractivity contribution is 9.10. The molecule has 0 radical (unpaired) electrons. The fraction of sp³-hybridized carbons (Fsp3) is 0.391. The first-order valence-corrected chi connectivity index (χ1v) is 11.3. The Morgan fingerprint density at radius 3 is 2.72 bits per heavy atom. The number of hydrogen-bond donors (Lipinski definition) is 0. The molecule has 1 aromatic carbocycles. The molecule has 9 heteroatoms. The van der Waals surface area contributed by atoms with Crippen molar-refractivity contribution in [2.24, 2.45) is 0 Å². The van der Waals surface area contributed by atoms with Crippen LogP contribution in [0.2, 0.25) is 0 Å². The maximum absolute atomic E-state index is 13.7. The van der Waals surface area contributed by atoms with Crippen LogP contribution < -0.4 is 4.74 Å². The molecule has 0 spiro atoms. The Kier molecular flexibility index (Phi) is 5.25. The zero-order chi connectivity index (χ0) is 22.5. The third-order valence-electron chi connectivity index (χ3n) is 6.15. The molecular weight excluding hydrogens is 474 g/mol. The molecule has 32 heavy (non-hydrogen) atoms. The first-order valence-electron chi connectivity index (χ1n) is 10.5. The van der Waals surface area contributed by atoms with Crippen LogP contribution in [-0.4, -0.2) is 63.0 Å². The molecule has 1 aliphatic carbocycles. The van der Waals surface area contributed by atoms with Gasteiger partial charge >= 0.3 is 0 Å². The standard InChI is InChI=1S/C23H24BrN5O3/c1-23(2)12-32-7-6-28(23)22(30)20-16-5-4-14-8-19(31-3)18(24)9-17(14)21(16)29(27-20)15-10-25-13-26-11-15/h8-11,13H,4-7,12H2,1-3H3. The van der Waals surface area contributed by atoms with E-state index < -0.39 is 5.54 Å². The minimum absolute atomic E-state index is 0.0684. The zero-order valence-corrected chi connectivity index (χ0v) is 19.8. The number of benzene rings is 1. The summed E-state index contributed by atoms with van der Waals surface area (Å²) >= 11 is 3.61. The molecule has 1 amide bonds. The number of amides is 1. The number of aryl methyl sites for hydroxylation is 1. The summed E-state index contributed by atoms with van der Waals surface area (Å²) in [6.07, 6.45) is 6.42. The SMILES string of the molecule is COc1cc2c(cc1Br)-c1c(c(C(=O)N3CCOCC3(C)C)nn1-c1cncnc1)CC2. The molecule has 1 aliphatic heterocycles. The highest BCUT2D eigenvalue weighted by Gasteiger charge is 2.38. The van der Waals surface area contributed by atoms with E-state index >= 15 is 0 Å². The Morgan fingerprint density at radius 1 is 1.22 bits per heavy atom. The van der Waals surface area contributed by atoms with E-state index in [-0.39, 0.29) is 5.91 Å². The van der Waals surface area contributed by atoms with Crippen LogP contribution in [0.5, 0.6) is 5.75 Å². The van der Waals surface area contributed by atoms with Crippen molar-refractivity contribution in [3.8, 4) is 22.7 Å². The summed E-state index contributed by atoms with van der Waals surface area (Å²) in [6, 6.07) is 4.09. The molecule has 1 saturated heterocycles. The lowest BCUT2D eigenvalue weighted by atomic mass is 9.88. The van der Waals surface area contributed by atoms with E-state index in [1.54, 1.807) is 24.2 Å². The Hall–Kier alpha value is -2.78. The molecule has 0 bridgehead atoms. The van der Waals surface area contributed by atoms with Crippen LogP contribution in [0.3, 0.4) is 0 Å². The van der Waals surface area contributed by atoms with Gasteiger partial charge in [0.15, 0.2) is 5.69 Å². The van der Waals surface area contributed by atoms with E-state index in [1.165, 1.54) is 6.33 Å². The quantitative estimate of drug-likeness (QED) is 0.551. The molecule has 2 aliphatic rings. The van der Waals surface area contributed by atoms with Gasteiger partial charge in [0.05, 0.1) is 48.4 Å². The van der Waals surface area contributed by atoms with E-state index in [4.69, 9.17) is 14.6 Å². The molecule has 0 saturated carbocycles. The van der Waals surface area contributed by atoms with Crippen molar-refractivity contribution in [2.45, 2.75) is 32.2 Å². The number of carbonyl (C=O) groups excluding carboxylic acids is 1. The van der Waals surface area contributed by atoms with Crippen molar-refractivity contribution in [2.75, 3.05) is 26.9 Å². The Morgan fingerprint density at radius 2 is 2.00 bits per heavy atom. The maximum atomic E-state index is 13.7. The monoisotopic (exact) mass is 497 g/mol. The van der Waals surface area contributed by atoms with Crippen molar-refractivity contribution >= 4 is 21.8 Å². The van der Waals surface area contributed by atoms with Crippen molar-refractivity contribution < 1.29 is 14.3 Å². The number of methoxy groups -OCH3 is 1. The average molecular weight is 498 g/mol. The van der Waals surface area contributed by atoms with E-state index in [9.17, 15) is 4.79 Å². The largest absolute Gasteiger partial charge is 0.496 e. The fourth-order valence-electron chi connectivity index (χ4n) is 4.52. The highest BCUT2D eigenvalue weighted by atomic mass is 79.9. The smallest absolute Gasteiger partial charge is 0.275 e. The topological polar surface area (TPSA) is 82.4 Å². The van der Waals surface area contributed by atoms with Crippen LogP contribution in [0.4, 0.5) is 0 Å². The Balaban J connectivity index is 1.70. The number of morpholine rings is 1. The number of rotatable bonds is 3. The summed E-state index contributed by atoms with van der Waals surface area (Å²) in [5.74, 6) is 0.717. The van der Waals surface area contributed by atoms with Crippen molar-refractivity contribution in [3.05, 3.63) is 52.1 Å². The van der Waals surface area contributed by atoms with Gasteiger partial charge in [0.2, 0.25) is 0 Å². The van der Waals surface area contributed by atoms with Gasteiger partial charge in [-0.2, -0.15) is 5.10 Å². The van der Waals surface area contributed by atoms with Gasteiger partial charge in [-0.3, -0.25) is 4.79 Å². The molecular formula is C23H24BrN5O3. The first-order chi connectivity index (χ1) is 15.4. The van der Waals surface area contributed by atoms with Crippen molar-refractivity contribution in [1.82, 2.24) is 24.6 Å². The van der Waals surface area contributed by atoms with Gasteiger partial charge in [-0.05, 0) is 60.3 Å². The molecule has 0 N–H and O–H groups in total. The predicted octanol–water partition coefficient (Wildman–Crippen LogP) is 3.45. The number of aromatic nitrogens is 4. The Labute approximate surface area is 194 Å². The number of fused-ring (bicyclic) bond motifs is 3. The molecule has 5 rings (SSSR count). The normalized spacial score (nSPS) is 16.9. The van der Waals surface area contributed by atoms with Gasteiger partial charge in [0.25, 0.3) is 5.91 Å². The molecule has 166 valence electrons. The molecule has 8 nitrogen and oxygen atoms in total.